The van der Waals surface area contributed by atoms with Crippen molar-refractivity contribution in [2.45, 2.75) is 26.2 Å². The Hall–Kier alpha value is -2.79. The van der Waals surface area contributed by atoms with Crippen molar-refractivity contribution in [2.75, 3.05) is 5.32 Å². The number of pyridine rings is 1. The van der Waals surface area contributed by atoms with Crippen molar-refractivity contribution in [3.8, 4) is 11.1 Å². The van der Waals surface area contributed by atoms with Crippen LogP contribution in [0.1, 0.15) is 44.9 Å². The fraction of sp³-hybridized carbons (Fsp3) is 0.227. The summed E-state index contributed by atoms with van der Waals surface area (Å²) in [6, 6.07) is 11.3. The first-order chi connectivity index (χ1) is 13.1. The van der Waals surface area contributed by atoms with Gasteiger partial charge in [0.1, 0.15) is 0 Å². The fourth-order valence-corrected chi connectivity index (χ4v) is 3.77. The standard InChI is InChI=1S/C22H20N2O2S/c1-14-4-7-16(20(25)9-15-5-6-15)10-19(14)24-22(26)21-11-18(13-27-21)17-3-2-8-23-12-17/h2-4,7-8,10-13,15H,5-6,9H2,1H3,(H,24,26). The lowest BCUT2D eigenvalue weighted by Crippen LogP contribution is -2.12. The molecule has 5 heteroatoms. The Morgan fingerprint density at radius 3 is 2.78 bits per heavy atom. The minimum Gasteiger partial charge on any atom is -0.321 e. The summed E-state index contributed by atoms with van der Waals surface area (Å²) in [5.74, 6) is 0.543. The van der Waals surface area contributed by atoms with Gasteiger partial charge in [-0.05, 0) is 60.4 Å². The third kappa shape index (κ3) is 4.14. The van der Waals surface area contributed by atoms with Crippen LogP contribution in [0.25, 0.3) is 11.1 Å². The highest BCUT2D eigenvalue weighted by Gasteiger charge is 2.25. The second-order valence-corrected chi connectivity index (χ2v) is 7.91. The highest BCUT2D eigenvalue weighted by atomic mass is 32.1. The molecule has 4 nitrogen and oxygen atoms in total. The van der Waals surface area contributed by atoms with E-state index in [4.69, 9.17) is 0 Å². The number of aromatic nitrogens is 1. The maximum atomic E-state index is 12.7. The van der Waals surface area contributed by atoms with Gasteiger partial charge in [-0.25, -0.2) is 0 Å². The Bertz CT molecular complexity index is 991. The lowest BCUT2D eigenvalue weighted by molar-refractivity contribution is 0.0974. The van der Waals surface area contributed by atoms with Crippen LogP contribution in [0.2, 0.25) is 0 Å². The molecule has 0 unspecified atom stereocenters. The van der Waals surface area contributed by atoms with E-state index in [2.05, 4.69) is 10.3 Å². The van der Waals surface area contributed by atoms with E-state index in [1.807, 2.05) is 42.6 Å². The van der Waals surface area contributed by atoms with Crippen molar-refractivity contribution in [3.05, 3.63) is 70.2 Å². The van der Waals surface area contributed by atoms with Crippen molar-refractivity contribution in [1.29, 1.82) is 0 Å². The second kappa shape index (κ2) is 7.45. The van der Waals surface area contributed by atoms with Crippen LogP contribution in [0.4, 0.5) is 5.69 Å². The molecule has 1 aliphatic carbocycles. The van der Waals surface area contributed by atoms with E-state index in [0.717, 1.165) is 29.5 Å². The summed E-state index contributed by atoms with van der Waals surface area (Å²) in [7, 11) is 0. The number of hydrogen-bond acceptors (Lipinski definition) is 4. The first-order valence-electron chi connectivity index (χ1n) is 9.04. The van der Waals surface area contributed by atoms with Crippen LogP contribution in [-0.4, -0.2) is 16.7 Å². The number of amides is 1. The van der Waals surface area contributed by atoms with E-state index < -0.39 is 0 Å². The predicted octanol–water partition coefficient (Wildman–Crippen LogP) is 5.35. The van der Waals surface area contributed by atoms with Crippen LogP contribution in [0.3, 0.4) is 0 Å². The van der Waals surface area contributed by atoms with Crippen molar-refractivity contribution < 1.29 is 9.59 Å². The van der Waals surface area contributed by atoms with Crippen LogP contribution in [-0.2, 0) is 0 Å². The number of nitrogens with one attached hydrogen (secondary N) is 1. The number of carbonyl (C=O) groups excluding carboxylic acids is 2. The van der Waals surface area contributed by atoms with Gasteiger partial charge in [0.15, 0.2) is 5.78 Å². The highest BCUT2D eigenvalue weighted by molar-refractivity contribution is 7.12. The number of nitrogens with zero attached hydrogens (tertiary/aromatic N) is 1. The monoisotopic (exact) mass is 376 g/mol. The summed E-state index contributed by atoms with van der Waals surface area (Å²) < 4.78 is 0. The first kappa shape index (κ1) is 17.6. The first-order valence-corrected chi connectivity index (χ1v) is 9.92. The molecule has 4 rings (SSSR count). The Labute approximate surface area is 162 Å². The fourth-order valence-electron chi connectivity index (χ4n) is 2.96. The molecule has 1 saturated carbocycles. The van der Waals surface area contributed by atoms with Crippen LogP contribution >= 0.6 is 11.3 Å². The van der Waals surface area contributed by atoms with Crippen LogP contribution in [0, 0.1) is 12.8 Å². The molecule has 1 aromatic carbocycles. The summed E-state index contributed by atoms with van der Waals surface area (Å²) >= 11 is 1.40. The lowest BCUT2D eigenvalue weighted by Gasteiger charge is -2.09. The smallest absolute Gasteiger partial charge is 0.265 e. The highest BCUT2D eigenvalue weighted by Crippen LogP contribution is 2.34. The van der Waals surface area contributed by atoms with Crippen molar-refractivity contribution >= 4 is 28.7 Å². The number of ketones is 1. The zero-order valence-corrected chi connectivity index (χ0v) is 15.9. The second-order valence-electron chi connectivity index (χ2n) is 7.00. The van der Waals surface area contributed by atoms with Gasteiger partial charge in [0, 0.05) is 35.6 Å². The van der Waals surface area contributed by atoms with E-state index >= 15 is 0 Å². The van der Waals surface area contributed by atoms with Gasteiger partial charge in [-0.15, -0.1) is 11.3 Å². The molecule has 0 saturated heterocycles. The maximum Gasteiger partial charge on any atom is 0.265 e. The molecule has 0 aliphatic heterocycles. The molecule has 3 aromatic rings. The average Bonchev–Trinajstić information content (AvgIpc) is 3.35. The summed E-state index contributed by atoms with van der Waals surface area (Å²) in [5.41, 5.74) is 4.26. The predicted molar refractivity (Wildman–Crippen MR) is 108 cm³/mol. The normalized spacial score (nSPS) is 13.4. The molecule has 1 N–H and O–H groups in total. The van der Waals surface area contributed by atoms with E-state index in [1.165, 1.54) is 11.3 Å². The van der Waals surface area contributed by atoms with Crippen molar-refractivity contribution in [1.82, 2.24) is 4.98 Å². The molecule has 2 heterocycles. The third-order valence-electron chi connectivity index (χ3n) is 4.80. The van der Waals surface area contributed by atoms with Crippen LogP contribution in [0.5, 0.6) is 0 Å². The lowest BCUT2D eigenvalue weighted by atomic mass is 10.0. The molecule has 0 spiro atoms. The van der Waals surface area contributed by atoms with Gasteiger partial charge in [-0.1, -0.05) is 18.2 Å². The molecule has 27 heavy (non-hydrogen) atoms. The molecular formula is C22H20N2O2S. The number of thiophene rings is 1. The van der Waals surface area contributed by atoms with Gasteiger partial charge in [0.2, 0.25) is 0 Å². The van der Waals surface area contributed by atoms with Crippen LogP contribution < -0.4 is 5.32 Å². The average molecular weight is 376 g/mol. The topological polar surface area (TPSA) is 59.1 Å². The molecular weight excluding hydrogens is 356 g/mol. The SMILES string of the molecule is Cc1ccc(C(=O)CC2CC2)cc1NC(=O)c1cc(-c2cccnc2)cs1. The van der Waals surface area contributed by atoms with Gasteiger partial charge in [-0.2, -0.15) is 0 Å². The van der Waals surface area contributed by atoms with Gasteiger partial charge in [0.05, 0.1) is 4.88 Å². The van der Waals surface area contributed by atoms with Gasteiger partial charge in [-0.3, -0.25) is 14.6 Å². The Morgan fingerprint density at radius 2 is 2.04 bits per heavy atom. The zero-order chi connectivity index (χ0) is 18.8. The molecule has 1 amide bonds. The van der Waals surface area contributed by atoms with Crippen LogP contribution in [0.15, 0.2) is 54.2 Å². The molecule has 0 atom stereocenters. The number of benzene rings is 1. The van der Waals surface area contributed by atoms with Gasteiger partial charge in [0.25, 0.3) is 5.91 Å². The molecule has 0 bridgehead atoms. The number of aryl methyl sites for hydroxylation is 1. The summed E-state index contributed by atoms with van der Waals surface area (Å²) in [4.78, 5) is 29.8. The number of anilines is 1. The maximum absolute atomic E-state index is 12.7. The number of rotatable bonds is 6. The van der Waals surface area contributed by atoms with Crippen molar-refractivity contribution in [2.24, 2.45) is 5.92 Å². The quantitative estimate of drug-likeness (QED) is 0.590. The molecule has 0 radical (unpaired) electrons. The largest absolute Gasteiger partial charge is 0.321 e. The summed E-state index contributed by atoms with van der Waals surface area (Å²) in [6.07, 6.45) is 6.42. The Kier molecular flexibility index (Phi) is 4.86. The summed E-state index contributed by atoms with van der Waals surface area (Å²) in [6.45, 7) is 1.93. The van der Waals surface area contributed by atoms with E-state index in [1.54, 1.807) is 18.5 Å². The van der Waals surface area contributed by atoms with E-state index in [-0.39, 0.29) is 11.7 Å². The summed E-state index contributed by atoms with van der Waals surface area (Å²) in [5, 5.41) is 4.91. The number of Topliss-reactive ketones (excluding diaryl/α,β-unsaturated/α-hetero) is 1. The minimum absolute atomic E-state index is 0.156. The zero-order valence-electron chi connectivity index (χ0n) is 15.1. The number of hydrogen-bond donors (Lipinski definition) is 1. The minimum atomic E-state index is -0.162. The van der Waals surface area contributed by atoms with E-state index in [9.17, 15) is 9.59 Å². The molecule has 1 aliphatic rings. The molecule has 2 aromatic heterocycles. The van der Waals surface area contributed by atoms with Gasteiger partial charge >= 0.3 is 0 Å². The Balaban J connectivity index is 1.51. The third-order valence-corrected chi connectivity index (χ3v) is 5.73. The van der Waals surface area contributed by atoms with E-state index in [0.29, 0.717) is 28.5 Å². The molecule has 1 fully saturated rings. The Morgan fingerprint density at radius 1 is 1.19 bits per heavy atom. The van der Waals surface area contributed by atoms with Gasteiger partial charge < -0.3 is 5.32 Å². The number of carbonyl (C=O) groups is 2. The molecule has 136 valence electrons. The van der Waals surface area contributed by atoms with Crippen molar-refractivity contribution in [3.63, 3.8) is 0 Å².